The summed E-state index contributed by atoms with van der Waals surface area (Å²) in [7, 11) is -1.90. The van der Waals surface area contributed by atoms with Crippen LogP contribution in [0.5, 0.6) is 5.88 Å². The summed E-state index contributed by atoms with van der Waals surface area (Å²) in [6.45, 7) is 3.28. The van der Waals surface area contributed by atoms with Crippen LogP contribution in [0.3, 0.4) is 0 Å². The minimum atomic E-state index is -4.49. The van der Waals surface area contributed by atoms with E-state index in [4.69, 9.17) is 28.0 Å². The molecular weight excluding hydrogens is 601 g/mol. The molecule has 0 bridgehead atoms. The van der Waals surface area contributed by atoms with Crippen molar-refractivity contribution in [3.8, 4) is 5.88 Å². The van der Waals surface area contributed by atoms with Gasteiger partial charge in [0.2, 0.25) is 5.88 Å². The van der Waals surface area contributed by atoms with Crippen LogP contribution in [0.2, 0.25) is 0 Å². The fourth-order valence-electron chi connectivity index (χ4n) is 4.67. The monoisotopic (exact) mass is 637 g/mol. The first-order valence-electron chi connectivity index (χ1n) is 13.7. The Labute approximate surface area is 253 Å². The number of benzene rings is 1. The lowest BCUT2D eigenvalue weighted by Crippen LogP contribution is -2.44. The first kappa shape index (κ1) is 33.4. The molecule has 17 heteroatoms. The zero-order chi connectivity index (χ0) is 32.1. The lowest BCUT2D eigenvalue weighted by molar-refractivity contribution is -0.145. The highest BCUT2D eigenvalue weighted by molar-refractivity contribution is 7.51. The first-order chi connectivity index (χ1) is 20.9. The van der Waals surface area contributed by atoms with Crippen LogP contribution in [0.25, 0.3) is 11.2 Å². The molecule has 3 N–H and O–H groups in total. The summed E-state index contributed by atoms with van der Waals surface area (Å²) >= 11 is 0. The fraction of sp³-hybridized carbons (Fsp3) is 0.519. The molecule has 240 valence electrons. The van der Waals surface area contributed by atoms with E-state index in [0.29, 0.717) is 16.9 Å². The molecule has 0 aliphatic carbocycles. The van der Waals surface area contributed by atoms with Crippen molar-refractivity contribution < 1.29 is 52.4 Å². The average molecular weight is 638 g/mol. The van der Waals surface area contributed by atoms with E-state index in [1.807, 2.05) is 0 Å². The van der Waals surface area contributed by atoms with Gasteiger partial charge in [-0.3, -0.25) is 18.4 Å². The quantitative estimate of drug-likeness (QED) is 0.168. The Morgan fingerprint density at radius 3 is 2.59 bits per heavy atom. The summed E-state index contributed by atoms with van der Waals surface area (Å²) in [5.41, 5.74) is -0.608. The molecule has 1 aromatic carbocycles. The molecule has 0 radical (unpaired) electrons. The number of aliphatic hydroxyl groups excluding tert-OH is 1. The first-order valence-corrected chi connectivity index (χ1v) is 15.2. The Morgan fingerprint density at radius 1 is 1.20 bits per heavy atom. The van der Waals surface area contributed by atoms with Crippen molar-refractivity contribution in [1.82, 2.24) is 24.6 Å². The lowest BCUT2D eigenvalue weighted by atomic mass is 9.96. The highest BCUT2D eigenvalue weighted by Crippen LogP contribution is 2.47. The van der Waals surface area contributed by atoms with E-state index in [0.717, 1.165) is 0 Å². The van der Waals surface area contributed by atoms with Crippen molar-refractivity contribution in [2.75, 3.05) is 34.0 Å². The number of nitrogens with one attached hydrogen (secondary N) is 1. The van der Waals surface area contributed by atoms with Crippen LogP contribution in [0.1, 0.15) is 31.5 Å². The number of carbonyl (C=O) groups excluding carboxylic acids is 2. The number of aryl methyl sites for hydroxylation is 1. The van der Waals surface area contributed by atoms with Crippen LogP contribution in [0.15, 0.2) is 36.7 Å². The van der Waals surface area contributed by atoms with Gasteiger partial charge in [0.25, 0.3) is 0 Å². The molecule has 3 aromatic rings. The molecule has 1 aliphatic heterocycles. The molecule has 16 nitrogen and oxygen atoms in total. The van der Waals surface area contributed by atoms with Gasteiger partial charge in [-0.05, 0) is 32.8 Å². The molecule has 2 aromatic heterocycles. The number of hydrogen-bond acceptors (Lipinski definition) is 14. The number of fused-ring (bicyclic) bond motifs is 1. The zero-order valence-corrected chi connectivity index (χ0v) is 25.8. The summed E-state index contributed by atoms with van der Waals surface area (Å²) in [6, 6.07) is 7.64. The van der Waals surface area contributed by atoms with Gasteiger partial charge in [-0.2, -0.15) is 4.98 Å². The molecule has 6 atom stereocenters. The van der Waals surface area contributed by atoms with Crippen molar-refractivity contribution in [1.29, 1.82) is 0 Å². The molecular formula is C27H36N5O11P. The van der Waals surface area contributed by atoms with Crippen LogP contribution >= 0.6 is 7.75 Å². The second-order valence-corrected chi connectivity index (χ2v) is 11.8. The van der Waals surface area contributed by atoms with Crippen molar-refractivity contribution in [2.24, 2.45) is 0 Å². The predicted octanol–water partition coefficient (Wildman–Crippen LogP) is 1.23. The standard InChI is InChI=1S/C27H36N5O11P/c1-6-40-20(33)14-42-44(37,31-18(25(35)39-5)12-17-10-8-7-9-11-17)41-13-19-22(34)27(3,36)26(43-19)32-15-28-21-23(32)29-16(2)30-24(21)38-4/h7-11,15,18-19,22,26,34,36H,6,12-14H2,1-5H3,(H,31,37)/t18-,19-,22?,26-,27+,44?/m1/s1. The number of aromatic nitrogens is 4. The molecule has 4 rings (SSSR count). The predicted molar refractivity (Wildman–Crippen MR) is 152 cm³/mol. The fourth-order valence-corrected chi connectivity index (χ4v) is 6.09. The van der Waals surface area contributed by atoms with E-state index in [1.165, 1.54) is 32.0 Å². The van der Waals surface area contributed by atoms with E-state index >= 15 is 0 Å². The van der Waals surface area contributed by atoms with Crippen molar-refractivity contribution in [3.63, 3.8) is 0 Å². The SMILES string of the molecule is CCOC(=O)COP(=O)(N[C@H](Cc1ccccc1)C(=O)OC)OC[C@H]1O[C@@H](n2cnc3c(OC)nc(C)nc32)[C@@](C)(O)C1O. The lowest BCUT2D eigenvalue weighted by Gasteiger charge is -2.27. The minimum absolute atomic E-state index is 0.0431. The number of hydrogen-bond donors (Lipinski definition) is 3. The largest absolute Gasteiger partial charge is 0.479 e. The summed E-state index contributed by atoms with van der Waals surface area (Å²) in [4.78, 5) is 37.5. The number of nitrogens with zero attached hydrogens (tertiary/aromatic N) is 4. The van der Waals surface area contributed by atoms with Crippen LogP contribution in [-0.4, -0.2) is 99.6 Å². The van der Waals surface area contributed by atoms with Crippen LogP contribution in [-0.2, 0) is 43.8 Å². The normalized spacial score (nSPS) is 23.7. The molecule has 44 heavy (non-hydrogen) atoms. The van der Waals surface area contributed by atoms with E-state index < -0.39 is 63.0 Å². The van der Waals surface area contributed by atoms with Gasteiger partial charge in [0.1, 0.15) is 29.7 Å². The molecule has 1 aliphatic rings. The average Bonchev–Trinajstić information content (AvgIpc) is 3.51. The molecule has 3 heterocycles. The van der Waals surface area contributed by atoms with Gasteiger partial charge < -0.3 is 29.2 Å². The van der Waals surface area contributed by atoms with Crippen molar-refractivity contribution >= 4 is 30.8 Å². The van der Waals surface area contributed by atoms with Gasteiger partial charge in [0.05, 0.1) is 33.8 Å². The molecule has 1 saturated heterocycles. The highest BCUT2D eigenvalue weighted by Gasteiger charge is 2.54. The van der Waals surface area contributed by atoms with E-state index in [9.17, 15) is 24.4 Å². The maximum atomic E-state index is 13.9. The Bertz CT molecular complexity index is 1500. The van der Waals surface area contributed by atoms with Crippen molar-refractivity contribution in [2.45, 2.75) is 57.3 Å². The number of imidazole rings is 1. The second-order valence-electron chi connectivity index (χ2n) is 10.1. The highest BCUT2D eigenvalue weighted by atomic mass is 31.2. The topological polar surface area (TPSA) is 203 Å². The molecule has 0 spiro atoms. The smallest absolute Gasteiger partial charge is 0.406 e. The van der Waals surface area contributed by atoms with E-state index in [2.05, 4.69) is 20.0 Å². The van der Waals surface area contributed by atoms with Gasteiger partial charge in [-0.1, -0.05) is 30.3 Å². The maximum Gasteiger partial charge on any atom is 0.406 e. The minimum Gasteiger partial charge on any atom is -0.479 e. The van der Waals surface area contributed by atoms with Gasteiger partial charge in [0, 0.05) is 0 Å². The summed E-state index contributed by atoms with van der Waals surface area (Å²) in [5.74, 6) is -1.01. The Kier molecular flexibility index (Phi) is 10.7. The Morgan fingerprint density at radius 2 is 1.93 bits per heavy atom. The third-order valence-electron chi connectivity index (χ3n) is 6.85. The number of rotatable bonds is 14. The van der Waals surface area contributed by atoms with Crippen LogP contribution < -0.4 is 9.82 Å². The summed E-state index contributed by atoms with van der Waals surface area (Å²) in [6.07, 6.45) is -2.64. The third kappa shape index (κ3) is 7.41. The third-order valence-corrected chi connectivity index (χ3v) is 8.44. The van der Waals surface area contributed by atoms with E-state index in [-0.39, 0.29) is 24.6 Å². The van der Waals surface area contributed by atoms with Gasteiger partial charge in [0.15, 0.2) is 24.0 Å². The zero-order valence-electron chi connectivity index (χ0n) is 24.9. The molecule has 0 amide bonds. The summed E-state index contributed by atoms with van der Waals surface area (Å²) < 4.78 is 47.3. The number of carbonyl (C=O) groups is 2. The van der Waals surface area contributed by atoms with E-state index in [1.54, 1.807) is 44.2 Å². The van der Waals surface area contributed by atoms with Crippen LogP contribution in [0.4, 0.5) is 0 Å². The number of ether oxygens (including phenoxy) is 4. The number of methoxy groups -OCH3 is 2. The number of esters is 2. The Hall–Kier alpha value is -3.50. The van der Waals surface area contributed by atoms with Gasteiger partial charge in [-0.15, -0.1) is 0 Å². The van der Waals surface area contributed by atoms with Crippen LogP contribution in [0, 0.1) is 6.92 Å². The second kappa shape index (κ2) is 14.1. The summed E-state index contributed by atoms with van der Waals surface area (Å²) in [5, 5.41) is 24.9. The van der Waals surface area contributed by atoms with Gasteiger partial charge in [-0.25, -0.2) is 24.4 Å². The van der Waals surface area contributed by atoms with Gasteiger partial charge >= 0.3 is 19.7 Å². The number of aliphatic hydroxyl groups is 2. The molecule has 2 unspecified atom stereocenters. The molecule has 0 saturated carbocycles. The van der Waals surface area contributed by atoms with Crippen molar-refractivity contribution in [3.05, 3.63) is 48.0 Å². The maximum absolute atomic E-state index is 13.9. The molecule has 1 fully saturated rings. The Balaban J connectivity index is 1.57.